The number of hydrogen-bond acceptors (Lipinski definition) is 3. The third-order valence-electron chi connectivity index (χ3n) is 1.56. The summed E-state index contributed by atoms with van der Waals surface area (Å²) in [6.07, 6.45) is 4.67. The van der Waals surface area contributed by atoms with Crippen LogP contribution >= 0.6 is 0 Å². The van der Waals surface area contributed by atoms with Gasteiger partial charge in [-0.1, -0.05) is 0 Å². The first-order valence-corrected chi connectivity index (χ1v) is 3.35. The predicted octanol–water partition coefficient (Wildman–Crippen LogP) is -1.22. The van der Waals surface area contributed by atoms with E-state index in [1.165, 1.54) is 12.4 Å². The Kier molecular flexibility index (Phi) is 2.11. The number of nitrogens with zero attached hydrogens (tertiary/aromatic N) is 1. The molecule has 0 aliphatic heterocycles. The summed E-state index contributed by atoms with van der Waals surface area (Å²) in [5, 5.41) is 1.63. The molecule has 11 heavy (non-hydrogen) atoms. The first-order chi connectivity index (χ1) is 5.29. The van der Waals surface area contributed by atoms with Gasteiger partial charge < -0.3 is 11.5 Å². The molecule has 0 aromatic carbocycles. The molecule has 0 saturated carbocycles. The lowest BCUT2D eigenvalue weighted by Gasteiger charge is -1.92. The predicted molar refractivity (Wildman–Crippen MR) is 45.5 cm³/mol. The highest BCUT2D eigenvalue weighted by Crippen LogP contribution is 1.78. The summed E-state index contributed by atoms with van der Waals surface area (Å²) in [4.78, 5) is 4.04. The Morgan fingerprint density at radius 1 is 1.36 bits per heavy atom. The Bertz CT molecular complexity index is 354. The van der Waals surface area contributed by atoms with Gasteiger partial charge in [0.15, 0.2) is 0 Å². The highest BCUT2D eigenvalue weighted by atomic mass is 14.7. The summed E-state index contributed by atoms with van der Waals surface area (Å²) in [6.45, 7) is 1.97. The fourth-order valence-corrected chi connectivity index (χ4v) is 0.940. The molecule has 1 heterocycles. The summed E-state index contributed by atoms with van der Waals surface area (Å²) in [7, 11) is 0. The van der Waals surface area contributed by atoms with Crippen LogP contribution in [-0.2, 0) is 0 Å². The van der Waals surface area contributed by atoms with E-state index in [1.807, 2.05) is 13.0 Å². The Morgan fingerprint density at radius 2 is 2.09 bits per heavy atom. The summed E-state index contributed by atoms with van der Waals surface area (Å²) >= 11 is 0. The van der Waals surface area contributed by atoms with Crippen molar-refractivity contribution < 1.29 is 0 Å². The average molecular weight is 149 g/mol. The standard InChI is InChI=1S/C8H11N3/c1-6-2-3-11-8(5-10)7(6)4-9/h2-5H,9-10H2,1H3/b7-4-,8-5+. The van der Waals surface area contributed by atoms with Gasteiger partial charge in [0.2, 0.25) is 0 Å². The molecule has 0 atom stereocenters. The van der Waals surface area contributed by atoms with E-state index in [0.29, 0.717) is 0 Å². The van der Waals surface area contributed by atoms with Crippen LogP contribution in [0.15, 0.2) is 12.3 Å². The molecule has 0 amide bonds. The van der Waals surface area contributed by atoms with Gasteiger partial charge in [0.05, 0.1) is 5.35 Å². The molecule has 4 N–H and O–H groups in total. The lowest BCUT2D eigenvalue weighted by molar-refractivity contribution is 1.17. The minimum absolute atomic E-state index is 0.729. The fraction of sp³-hybridized carbons (Fsp3) is 0.125. The quantitative estimate of drug-likeness (QED) is 0.486. The van der Waals surface area contributed by atoms with Crippen LogP contribution in [-0.4, -0.2) is 4.98 Å². The average Bonchev–Trinajstić information content (AvgIpc) is 2.04. The summed E-state index contributed by atoms with van der Waals surface area (Å²) < 4.78 is 0. The van der Waals surface area contributed by atoms with Crippen molar-refractivity contribution in [3.05, 3.63) is 28.4 Å². The Morgan fingerprint density at radius 3 is 2.55 bits per heavy atom. The van der Waals surface area contributed by atoms with Crippen LogP contribution in [0, 0.1) is 6.92 Å². The van der Waals surface area contributed by atoms with Crippen molar-refractivity contribution in [3.8, 4) is 0 Å². The molecule has 0 aliphatic rings. The first kappa shape index (κ1) is 7.60. The zero-order valence-electron chi connectivity index (χ0n) is 6.41. The summed E-state index contributed by atoms with van der Waals surface area (Å²) in [6, 6.07) is 1.89. The van der Waals surface area contributed by atoms with E-state index in [0.717, 1.165) is 16.1 Å². The van der Waals surface area contributed by atoms with Crippen LogP contribution in [0.25, 0.3) is 12.4 Å². The van der Waals surface area contributed by atoms with Gasteiger partial charge in [-0.3, -0.25) is 4.98 Å². The van der Waals surface area contributed by atoms with E-state index < -0.39 is 0 Å². The van der Waals surface area contributed by atoms with Gasteiger partial charge in [0, 0.05) is 23.8 Å². The van der Waals surface area contributed by atoms with Crippen molar-refractivity contribution >= 4 is 12.4 Å². The molecular formula is C8H11N3. The number of aryl methyl sites for hydroxylation is 1. The largest absolute Gasteiger partial charge is 0.404 e. The van der Waals surface area contributed by atoms with Crippen molar-refractivity contribution in [2.75, 3.05) is 0 Å². The van der Waals surface area contributed by atoms with Gasteiger partial charge in [-0.2, -0.15) is 0 Å². The van der Waals surface area contributed by atoms with E-state index in [-0.39, 0.29) is 0 Å². The molecule has 3 heteroatoms. The van der Waals surface area contributed by atoms with Crippen molar-refractivity contribution in [1.29, 1.82) is 0 Å². The highest BCUT2D eigenvalue weighted by molar-refractivity contribution is 5.28. The van der Waals surface area contributed by atoms with Crippen molar-refractivity contribution in [2.24, 2.45) is 11.5 Å². The number of hydrogen-bond donors (Lipinski definition) is 2. The van der Waals surface area contributed by atoms with Crippen LogP contribution in [0.1, 0.15) is 5.56 Å². The lowest BCUT2D eigenvalue weighted by atomic mass is 10.2. The topological polar surface area (TPSA) is 64.9 Å². The van der Waals surface area contributed by atoms with Gasteiger partial charge in [0.25, 0.3) is 0 Å². The molecule has 0 fully saturated rings. The van der Waals surface area contributed by atoms with E-state index in [2.05, 4.69) is 4.98 Å². The van der Waals surface area contributed by atoms with E-state index in [9.17, 15) is 0 Å². The molecule has 1 aromatic rings. The minimum Gasteiger partial charge on any atom is -0.404 e. The Hall–Kier alpha value is -1.51. The van der Waals surface area contributed by atoms with Crippen molar-refractivity contribution in [2.45, 2.75) is 6.92 Å². The molecule has 1 aromatic heterocycles. The third-order valence-corrected chi connectivity index (χ3v) is 1.56. The minimum atomic E-state index is 0.729. The highest BCUT2D eigenvalue weighted by Gasteiger charge is 1.88. The molecule has 0 aliphatic carbocycles. The van der Waals surface area contributed by atoms with E-state index in [4.69, 9.17) is 11.5 Å². The zero-order valence-corrected chi connectivity index (χ0v) is 6.41. The number of pyridine rings is 1. The molecule has 0 radical (unpaired) electrons. The maximum Gasteiger partial charge on any atom is 0.0873 e. The fourth-order valence-electron chi connectivity index (χ4n) is 0.940. The molecular weight excluding hydrogens is 138 g/mol. The number of aromatic nitrogens is 1. The van der Waals surface area contributed by atoms with Gasteiger partial charge in [-0.15, -0.1) is 0 Å². The van der Waals surface area contributed by atoms with Gasteiger partial charge in [0.1, 0.15) is 0 Å². The van der Waals surface area contributed by atoms with Crippen LogP contribution in [0.3, 0.4) is 0 Å². The van der Waals surface area contributed by atoms with E-state index >= 15 is 0 Å². The summed E-state index contributed by atoms with van der Waals surface area (Å²) in [5.74, 6) is 0. The van der Waals surface area contributed by atoms with Crippen LogP contribution < -0.4 is 22.0 Å². The molecule has 0 unspecified atom stereocenters. The van der Waals surface area contributed by atoms with Crippen molar-refractivity contribution in [3.63, 3.8) is 0 Å². The second kappa shape index (κ2) is 3.05. The number of nitrogens with two attached hydrogens (primary N) is 2. The second-order valence-corrected chi connectivity index (χ2v) is 2.26. The van der Waals surface area contributed by atoms with Crippen LogP contribution in [0.5, 0.6) is 0 Å². The van der Waals surface area contributed by atoms with Gasteiger partial charge in [-0.05, 0) is 18.6 Å². The van der Waals surface area contributed by atoms with E-state index in [1.54, 1.807) is 6.20 Å². The Balaban J connectivity index is 3.65. The monoisotopic (exact) mass is 149 g/mol. The third kappa shape index (κ3) is 1.32. The maximum absolute atomic E-state index is 5.39. The van der Waals surface area contributed by atoms with Crippen LogP contribution in [0.2, 0.25) is 0 Å². The molecule has 3 nitrogen and oxygen atoms in total. The SMILES string of the molecule is Cc1ccnc(=C/N)/c1=C\N. The van der Waals surface area contributed by atoms with Gasteiger partial charge in [-0.25, -0.2) is 0 Å². The smallest absolute Gasteiger partial charge is 0.0873 e. The normalized spacial score (nSPS) is 13.9. The second-order valence-electron chi connectivity index (χ2n) is 2.26. The molecule has 0 saturated heterocycles. The number of rotatable bonds is 0. The molecule has 0 bridgehead atoms. The van der Waals surface area contributed by atoms with Crippen molar-refractivity contribution in [1.82, 2.24) is 4.98 Å². The zero-order chi connectivity index (χ0) is 8.27. The summed E-state index contributed by atoms with van der Waals surface area (Å²) in [5.41, 5.74) is 11.8. The lowest BCUT2D eigenvalue weighted by Crippen LogP contribution is -2.32. The maximum atomic E-state index is 5.39. The first-order valence-electron chi connectivity index (χ1n) is 3.35. The Labute approximate surface area is 65.0 Å². The van der Waals surface area contributed by atoms with Gasteiger partial charge >= 0.3 is 0 Å². The molecule has 0 spiro atoms. The van der Waals surface area contributed by atoms with Crippen LogP contribution in [0.4, 0.5) is 0 Å². The molecule has 58 valence electrons. The molecule has 1 rings (SSSR count).